The number of aliphatic hydroxyl groups is 1. The van der Waals surface area contributed by atoms with Gasteiger partial charge in [0.2, 0.25) is 5.95 Å². The summed E-state index contributed by atoms with van der Waals surface area (Å²) in [6, 6.07) is 2.04. The van der Waals surface area contributed by atoms with Crippen LogP contribution in [0.3, 0.4) is 0 Å². The molecule has 9 nitrogen and oxygen atoms in total. The van der Waals surface area contributed by atoms with Crippen LogP contribution in [0.4, 0.5) is 5.95 Å². The van der Waals surface area contributed by atoms with Crippen LogP contribution in [-0.2, 0) is 9.47 Å². The van der Waals surface area contributed by atoms with Crippen molar-refractivity contribution in [1.29, 1.82) is 5.26 Å². The standard InChI is InChI=1S/C28H39N5O4/c1-17-15-33(10-9-19(17)16-34)26-30-13-20(14-31-26)23(35)32-24-27(2,3)25(28(24,4)5)37-21-8-7-18(12-29)22(11-21)36-6/h7-8,13-14,17,19,21,24-25,34H,9-11,15-16H2,1-6H3,(H,32,35)/t17-,19-,21?,24?,25?/m1/s1. The van der Waals surface area contributed by atoms with E-state index in [9.17, 15) is 15.2 Å². The third-order valence-corrected chi connectivity index (χ3v) is 8.46. The van der Waals surface area contributed by atoms with Gasteiger partial charge in [-0.25, -0.2) is 9.97 Å². The highest BCUT2D eigenvalue weighted by Gasteiger charge is 2.63. The predicted molar refractivity (Wildman–Crippen MR) is 139 cm³/mol. The van der Waals surface area contributed by atoms with Crippen LogP contribution >= 0.6 is 0 Å². The van der Waals surface area contributed by atoms with Gasteiger partial charge >= 0.3 is 0 Å². The second-order valence-corrected chi connectivity index (χ2v) is 11.7. The number of allylic oxidation sites excluding steroid dienone is 2. The molecule has 0 bridgehead atoms. The van der Waals surface area contributed by atoms with Crippen molar-refractivity contribution in [3.05, 3.63) is 41.4 Å². The molecule has 200 valence electrons. The Morgan fingerprint density at radius 3 is 2.51 bits per heavy atom. The lowest BCUT2D eigenvalue weighted by Crippen LogP contribution is -2.74. The zero-order valence-electron chi connectivity index (χ0n) is 22.7. The molecular formula is C28H39N5O4. The van der Waals surface area contributed by atoms with Crippen LogP contribution in [0.5, 0.6) is 0 Å². The van der Waals surface area contributed by atoms with Crippen LogP contribution in [0.2, 0.25) is 0 Å². The van der Waals surface area contributed by atoms with Gasteiger partial charge in [-0.2, -0.15) is 5.26 Å². The van der Waals surface area contributed by atoms with Gasteiger partial charge in [-0.05, 0) is 24.3 Å². The number of hydrogen-bond donors (Lipinski definition) is 2. The maximum atomic E-state index is 13.2. The highest BCUT2D eigenvalue weighted by atomic mass is 16.5. The maximum absolute atomic E-state index is 13.2. The van der Waals surface area contributed by atoms with Gasteiger partial charge in [0.05, 0.1) is 30.5 Å². The first-order valence-corrected chi connectivity index (χ1v) is 13.0. The van der Waals surface area contributed by atoms with Crippen molar-refractivity contribution < 1.29 is 19.4 Å². The summed E-state index contributed by atoms with van der Waals surface area (Å²) in [7, 11) is 1.57. The van der Waals surface area contributed by atoms with E-state index in [0.29, 0.717) is 41.1 Å². The minimum atomic E-state index is -0.312. The fraction of sp³-hybridized carbons (Fsp3) is 0.643. The molecule has 2 N–H and O–H groups in total. The highest BCUT2D eigenvalue weighted by molar-refractivity contribution is 5.94. The van der Waals surface area contributed by atoms with E-state index in [1.54, 1.807) is 25.6 Å². The fourth-order valence-corrected chi connectivity index (χ4v) is 6.53. The van der Waals surface area contributed by atoms with Crippen molar-refractivity contribution in [3.63, 3.8) is 0 Å². The van der Waals surface area contributed by atoms with Crippen molar-refractivity contribution in [2.75, 3.05) is 31.7 Å². The number of amides is 1. The Balaban J connectivity index is 1.38. The first-order valence-electron chi connectivity index (χ1n) is 13.0. The molecule has 3 atom stereocenters. The Labute approximate surface area is 219 Å². The molecule has 2 fully saturated rings. The summed E-state index contributed by atoms with van der Waals surface area (Å²) >= 11 is 0. The number of nitrogens with zero attached hydrogens (tertiary/aromatic N) is 4. The lowest BCUT2D eigenvalue weighted by Gasteiger charge is -2.64. The molecule has 1 aromatic heterocycles. The summed E-state index contributed by atoms with van der Waals surface area (Å²) in [4.78, 5) is 24.2. The summed E-state index contributed by atoms with van der Waals surface area (Å²) in [6.45, 7) is 12.3. The molecule has 2 aliphatic carbocycles. The molecular weight excluding hydrogens is 470 g/mol. The normalized spacial score (nSPS) is 30.3. The smallest absolute Gasteiger partial charge is 0.254 e. The van der Waals surface area contributed by atoms with E-state index in [0.717, 1.165) is 19.5 Å². The third-order valence-electron chi connectivity index (χ3n) is 8.46. The Kier molecular flexibility index (Phi) is 7.63. The molecule has 2 heterocycles. The van der Waals surface area contributed by atoms with Crippen LogP contribution in [0.15, 0.2) is 35.9 Å². The van der Waals surface area contributed by atoms with Gasteiger partial charge < -0.3 is 24.8 Å². The molecule has 4 rings (SSSR count). The minimum Gasteiger partial charge on any atom is -0.500 e. The number of carbonyl (C=O) groups excluding carboxylic acids is 1. The van der Waals surface area contributed by atoms with Gasteiger partial charge in [-0.1, -0.05) is 40.7 Å². The van der Waals surface area contributed by atoms with Crippen LogP contribution in [-0.4, -0.2) is 66.0 Å². The van der Waals surface area contributed by atoms with E-state index in [-0.39, 0.29) is 41.6 Å². The minimum absolute atomic E-state index is 0.107. The Hall–Kier alpha value is -2.96. The van der Waals surface area contributed by atoms with Crippen molar-refractivity contribution in [2.24, 2.45) is 22.7 Å². The number of piperidine rings is 1. The van der Waals surface area contributed by atoms with Crippen molar-refractivity contribution in [2.45, 2.75) is 65.7 Å². The number of carbonyl (C=O) groups is 1. The fourth-order valence-electron chi connectivity index (χ4n) is 6.53. The third kappa shape index (κ3) is 5.10. The molecule has 0 radical (unpaired) electrons. The highest BCUT2D eigenvalue weighted by Crippen LogP contribution is 2.56. The molecule has 1 aliphatic heterocycles. The van der Waals surface area contributed by atoms with Crippen LogP contribution < -0.4 is 10.2 Å². The van der Waals surface area contributed by atoms with E-state index in [1.165, 1.54) is 0 Å². The molecule has 3 aliphatic rings. The SMILES string of the molecule is COC1=C(C#N)C=CC(OC2C(C)(C)C(NC(=O)c3cnc(N4CC[C@H](CO)[C@H](C)C4)nc3)C2(C)C)C1. The molecule has 1 saturated carbocycles. The van der Waals surface area contributed by atoms with Crippen molar-refractivity contribution in [1.82, 2.24) is 15.3 Å². The van der Waals surface area contributed by atoms with Gasteiger partial charge in [0.25, 0.3) is 5.91 Å². The number of aliphatic hydroxyl groups excluding tert-OH is 1. The largest absolute Gasteiger partial charge is 0.500 e. The number of rotatable bonds is 7. The molecule has 1 unspecified atom stereocenters. The molecule has 9 heteroatoms. The van der Waals surface area contributed by atoms with Crippen LogP contribution in [0, 0.1) is 34.0 Å². The topological polar surface area (TPSA) is 121 Å². The summed E-state index contributed by atoms with van der Waals surface area (Å²) in [5.41, 5.74) is 0.324. The first kappa shape index (κ1) is 27.1. The number of aromatic nitrogens is 2. The Bertz CT molecular complexity index is 1090. The second kappa shape index (κ2) is 10.4. The zero-order chi connectivity index (χ0) is 27.0. The van der Waals surface area contributed by atoms with E-state index >= 15 is 0 Å². The monoisotopic (exact) mass is 509 g/mol. The molecule has 37 heavy (non-hydrogen) atoms. The number of hydrogen-bond acceptors (Lipinski definition) is 8. The van der Waals surface area contributed by atoms with E-state index in [2.05, 4.69) is 60.9 Å². The van der Waals surface area contributed by atoms with E-state index < -0.39 is 0 Å². The van der Waals surface area contributed by atoms with Crippen LogP contribution in [0.1, 0.15) is 57.8 Å². The molecule has 1 aromatic rings. The number of nitriles is 1. The summed E-state index contributed by atoms with van der Waals surface area (Å²) in [5.74, 6) is 1.71. The first-order chi connectivity index (χ1) is 17.5. The van der Waals surface area contributed by atoms with E-state index in [1.807, 2.05) is 6.08 Å². The summed E-state index contributed by atoms with van der Waals surface area (Å²) < 4.78 is 11.9. The molecule has 1 amide bonds. The summed E-state index contributed by atoms with van der Waals surface area (Å²) in [6.07, 6.45) is 7.95. The number of nitrogens with one attached hydrogen (secondary N) is 1. The van der Waals surface area contributed by atoms with Gasteiger partial charge in [0.1, 0.15) is 11.8 Å². The Morgan fingerprint density at radius 1 is 1.27 bits per heavy atom. The quantitative estimate of drug-likeness (QED) is 0.575. The average molecular weight is 510 g/mol. The van der Waals surface area contributed by atoms with Crippen LogP contribution in [0.25, 0.3) is 0 Å². The number of anilines is 1. The number of ether oxygens (including phenoxy) is 2. The van der Waals surface area contributed by atoms with Crippen molar-refractivity contribution >= 4 is 11.9 Å². The van der Waals surface area contributed by atoms with Gasteiger partial charge in [0.15, 0.2) is 0 Å². The van der Waals surface area contributed by atoms with Gasteiger partial charge in [0, 0.05) is 55.4 Å². The zero-order valence-corrected chi connectivity index (χ0v) is 22.7. The lowest BCUT2D eigenvalue weighted by atomic mass is 9.49. The number of methoxy groups -OCH3 is 1. The second-order valence-electron chi connectivity index (χ2n) is 11.7. The maximum Gasteiger partial charge on any atom is 0.254 e. The predicted octanol–water partition coefficient (Wildman–Crippen LogP) is 3.23. The Morgan fingerprint density at radius 2 is 1.95 bits per heavy atom. The molecule has 1 saturated heterocycles. The summed E-state index contributed by atoms with van der Waals surface area (Å²) in [5, 5.41) is 22.0. The van der Waals surface area contributed by atoms with Gasteiger partial charge in [-0.3, -0.25) is 4.79 Å². The molecule has 0 spiro atoms. The van der Waals surface area contributed by atoms with Crippen molar-refractivity contribution in [3.8, 4) is 6.07 Å². The molecule has 0 aromatic carbocycles. The van der Waals surface area contributed by atoms with Gasteiger partial charge in [-0.15, -0.1) is 0 Å². The lowest BCUT2D eigenvalue weighted by molar-refractivity contribution is -0.221. The van der Waals surface area contributed by atoms with E-state index in [4.69, 9.17) is 9.47 Å². The average Bonchev–Trinajstić information content (AvgIpc) is 2.89.